The van der Waals surface area contributed by atoms with Crippen LogP contribution in [0.4, 0.5) is 0 Å². The van der Waals surface area contributed by atoms with E-state index in [0.717, 1.165) is 16.3 Å². The number of hydrogen-bond acceptors (Lipinski definition) is 8. The Morgan fingerprint density at radius 3 is 2.48 bits per heavy atom. The molecule has 4 N–H and O–H groups in total. The number of hydrazine groups is 1. The Hall–Kier alpha value is -2.96. The number of pyridine rings is 1. The van der Waals surface area contributed by atoms with E-state index in [1.54, 1.807) is 19.2 Å². The van der Waals surface area contributed by atoms with Gasteiger partial charge in [-0.15, -0.1) is 0 Å². The van der Waals surface area contributed by atoms with Crippen molar-refractivity contribution in [2.24, 2.45) is 11.3 Å². The summed E-state index contributed by atoms with van der Waals surface area (Å²) in [5.41, 5.74) is 3.55. The minimum Gasteiger partial charge on any atom is -0.460 e. The first-order chi connectivity index (χ1) is 21.6. The molecule has 46 heavy (non-hydrogen) atoms. The van der Waals surface area contributed by atoms with Crippen LogP contribution in [0.2, 0.25) is 0 Å². The van der Waals surface area contributed by atoms with Crippen LogP contribution in [0.5, 0.6) is 0 Å². The Bertz CT molecular complexity index is 1490. The smallest absolute Gasteiger partial charge is 0.325 e. The number of hydrogen-bond donors (Lipinski definition) is 4. The molecule has 2 aliphatic rings. The molecule has 14 heteroatoms. The van der Waals surface area contributed by atoms with Gasteiger partial charge in [0.25, 0.3) is 5.91 Å². The van der Waals surface area contributed by atoms with E-state index in [0.29, 0.717) is 37.9 Å². The van der Waals surface area contributed by atoms with E-state index in [4.69, 9.17) is 39.5 Å². The Labute approximate surface area is 283 Å². The van der Waals surface area contributed by atoms with Gasteiger partial charge in [0.1, 0.15) is 24.7 Å². The van der Waals surface area contributed by atoms with Gasteiger partial charge in [0.05, 0.1) is 17.2 Å². The molecule has 2 aromatic rings. The number of ether oxygens (including phenoxy) is 1. The van der Waals surface area contributed by atoms with E-state index >= 15 is 0 Å². The maximum atomic E-state index is 13.4. The van der Waals surface area contributed by atoms with Gasteiger partial charge in [-0.05, 0) is 74.6 Å². The number of aliphatic hydroxyl groups excluding tert-OH is 1. The number of aliphatic hydroxyl groups is 1. The number of benzene rings is 1. The van der Waals surface area contributed by atoms with Crippen molar-refractivity contribution < 1.29 is 29.0 Å². The number of alkyl halides is 3. The molecular weight excluding hydrogens is 657 g/mol. The molecule has 0 radical (unpaired) electrons. The number of aromatic nitrogens is 1. The normalized spacial score (nSPS) is 19.8. The van der Waals surface area contributed by atoms with Gasteiger partial charge >= 0.3 is 5.97 Å². The molecule has 1 saturated carbocycles. The number of nitrogens with zero attached hydrogens (tertiary/aromatic N) is 2. The number of carbonyl (C=O) groups is 4. The molecule has 0 spiro atoms. The fraction of sp³-hybridized carbons (Fsp3) is 0.531. The standard InChI is InChI=1S/C32H40Cl3N5O6/c1-18(2)26(27(42)37-19(3)28(43)40-13-5-6-25(39-40)29(44)46-17-32(33,34)35)38-30(45)31(11-12-31)10-9-24-15-23-14-21(20(4)41)7-8-22(23)16-36-24/h7-10,14-16,18-20,25-26,39,41H,5-6,11-13,17H2,1-4H3,(H,37,42)(H,38,45). The molecule has 1 aromatic heterocycles. The molecule has 4 unspecified atom stereocenters. The van der Waals surface area contributed by atoms with Gasteiger partial charge in [0, 0.05) is 18.1 Å². The van der Waals surface area contributed by atoms with Crippen LogP contribution in [-0.2, 0) is 23.9 Å². The number of halogens is 3. The van der Waals surface area contributed by atoms with E-state index in [9.17, 15) is 24.3 Å². The Kier molecular flexibility index (Phi) is 11.6. The Balaban J connectivity index is 1.35. The van der Waals surface area contributed by atoms with Crippen LogP contribution in [0, 0.1) is 11.3 Å². The van der Waals surface area contributed by atoms with E-state index in [1.807, 2.05) is 44.2 Å². The lowest BCUT2D eigenvalue weighted by Crippen LogP contribution is -2.61. The zero-order valence-electron chi connectivity index (χ0n) is 26.2. The molecule has 1 aliphatic carbocycles. The second-order valence-electron chi connectivity index (χ2n) is 12.3. The van der Waals surface area contributed by atoms with Crippen LogP contribution >= 0.6 is 34.8 Å². The predicted molar refractivity (Wildman–Crippen MR) is 177 cm³/mol. The third-order valence-corrected chi connectivity index (χ3v) is 8.47. The summed E-state index contributed by atoms with van der Waals surface area (Å²) in [5, 5.41) is 18.7. The first-order valence-electron chi connectivity index (χ1n) is 15.3. The van der Waals surface area contributed by atoms with Crippen LogP contribution < -0.4 is 16.1 Å². The van der Waals surface area contributed by atoms with Crippen molar-refractivity contribution in [1.29, 1.82) is 0 Å². The van der Waals surface area contributed by atoms with Gasteiger partial charge in [-0.1, -0.05) is 66.9 Å². The van der Waals surface area contributed by atoms with Crippen molar-refractivity contribution in [2.75, 3.05) is 13.2 Å². The molecular formula is C32H40Cl3N5O6. The topological polar surface area (TPSA) is 150 Å². The van der Waals surface area contributed by atoms with Gasteiger partial charge in [-0.3, -0.25) is 29.2 Å². The molecule has 3 amide bonds. The molecule has 2 heterocycles. The number of carbonyl (C=O) groups excluding carboxylic acids is 4. The first kappa shape index (κ1) is 35.9. The van der Waals surface area contributed by atoms with Crippen LogP contribution in [-0.4, -0.2) is 73.9 Å². The summed E-state index contributed by atoms with van der Waals surface area (Å²) in [4.78, 5) is 56.8. The van der Waals surface area contributed by atoms with Crippen molar-refractivity contribution in [3.05, 3.63) is 47.8 Å². The fourth-order valence-corrected chi connectivity index (χ4v) is 5.33. The molecule has 4 atom stereocenters. The second-order valence-corrected chi connectivity index (χ2v) is 14.9. The van der Waals surface area contributed by atoms with Gasteiger partial charge in [0.15, 0.2) is 0 Å². The molecule has 0 bridgehead atoms. The van der Waals surface area contributed by atoms with Crippen molar-refractivity contribution >= 4 is 75.3 Å². The molecule has 1 saturated heterocycles. The van der Waals surface area contributed by atoms with Crippen LogP contribution in [0.1, 0.15) is 70.7 Å². The second kappa shape index (κ2) is 14.9. The molecule has 2 fully saturated rings. The molecule has 1 aliphatic heterocycles. The lowest BCUT2D eigenvalue weighted by Gasteiger charge is -2.34. The SMILES string of the molecule is CC(NC(=O)C(NC(=O)C1(C=Cc2cc3cc(C(C)O)ccc3cn2)CC1)C(C)C)C(=O)N1CCCC(C(=O)OCC(Cl)(Cl)Cl)N1. The van der Waals surface area contributed by atoms with Crippen LogP contribution in [0.25, 0.3) is 16.8 Å². The third-order valence-electron chi connectivity index (χ3n) is 8.14. The van der Waals surface area contributed by atoms with E-state index in [2.05, 4.69) is 21.0 Å². The average molecular weight is 697 g/mol. The highest BCUT2D eigenvalue weighted by Crippen LogP contribution is 2.48. The minimum absolute atomic E-state index is 0.263. The van der Waals surface area contributed by atoms with Crippen molar-refractivity contribution in [3.63, 3.8) is 0 Å². The minimum atomic E-state index is -1.75. The lowest BCUT2D eigenvalue weighted by molar-refractivity contribution is -0.152. The first-order valence-corrected chi connectivity index (χ1v) is 16.4. The summed E-state index contributed by atoms with van der Waals surface area (Å²) in [7, 11) is 0. The molecule has 4 rings (SSSR count). The summed E-state index contributed by atoms with van der Waals surface area (Å²) in [6, 6.07) is 4.94. The highest BCUT2D eigenvalue weighted by molar-refractivity contribution is 6.67. The number of rotatable bonds is 11. The average Bonchev–Trinajstić information content (AvgIpc) is 3.81. The molecule has 11 nitrogen and oxygen atoms in total. The van der Waals surface area contributed by atoms with E-state index < -0.39 is 57.8 Å². The summed E-state index contributed by atoms with van der Waals surface area (Å²) < 4.78 is 3.28. The van der Waals surface area contributed by atoms with E-state index in [-0.39, 0.29) is 11.8 Å². The van der Waals surface area contributed by atoms with Gasteiger partial charge in [-0.2, -0.15) is 0 Å². The van der Waals surface area contributed by atoms with Crippen molar-refractivity contribution in [3.8, 4) is 0 Å². The monoisotopic (exact) mass is 695 g/mol. The Morgan fingerprint density at radius 1 is 1.13 bits per heavy atom. The number of amides is 3. The number of esters is 1. The zero-order chi connectivity index (χ0) is 33.8. The highest BCUT2D eigenvalue weighted by atomic mass is 35.6. The molecule has 250 valence electrons. The fourth-order valence-electron chi connectivity index (χ4n) is 5.16. The third kappa shape index (κ3) is 9.32. The van der Waals surface area contributed by atoms with Crippen LogP contribution in [0.15, 0.2) is 36.5 Å². The van der Waals surface area contributed by atoms with Crippen molar-refractivity contribution in [2.45, 2.75) is 81.4 Å². The van der Waals surface area contributed by atoms with Gasteiger partial charge in [0.2, 0.25) is 15.6 Å². The summed E-state index contributed by atoms with van der Waals surface area (Å²) >= 11 is 17.0. The quantitative estimate of drug-likeness (QED) is 0.202. The maximum absolute atomic E-state index is 13.4. The van der Waals surface area contributed by atoms with E-state index in [1.165, 1.54) is 11.9 Å². The highest BCUT2D eigenvalue weighted by Gasteiger charge is 2.48. The number of fused-ring (bicyclic) bond motifs is 1. The van der Waals surface area contributed by atoms with Gasteiger partial charge in [-0.25, -0.2) is 5.43 Å². The van der Waals surface area contributed by atoms with Crippen molar-refractivity contribution in [1.82, 2.24) is 26.1 Å². The number of nitrogens with one attached hydrogen (secondary N) is 3. The molecule has 1 aromatic carbocycles. The largest absolute Gasteiger partial charge is 0.460 e. The van der Waals surface area contributed by atoms with Crippen LogP contribution in [0.3, 0.4) is 0 Å². The Morgan fingerprint density at radius 2 is 1.85 bits per heavy atom. The predicted octanol–water partition coefficient (Wildman–Crippen LogP) is 4.14. The summed E-state index contributed by atoms with van der Waals surface area (Å²) in [6.45, 7) is 6.76. The zero-order valence-corrected chi connectivity index (χ0v) is 28.5. The summed E-state index contributed by atoms with van der Waals surface area (Å²) in [5.74, 6) is -2.15. The lowest BCUT2D eigenvalue weighted by atomic mass is 9.99. The van der Waals surface area contributed by atoms with Gasteiger partial charge < -0.3 is 20.5 Å². The maximum Gasteiger partial charge on any atom is 0.325 e. The summed E-state index contributed by atoms with van der Waals surface area (Å²) in [6.07, 6.45) is 6.98.